The van der Waals surface area contributed by atoms with Crippen molar-refractivity contribution < 1.29 is 0 Å². The van der Waals surface area contributed by atoms with E-state index in [-0.39, 0.29) is 0 Å². The molecule has 3 heterocycles. The Hall–Kier alpha value is -13.3. The Balaban J connectivity index is 1.04. The van der Waals surface area contributed by atoms with Gasteiger partial charge in [-0.05, 0) is 154 Å². The van der Waals surface area contributed by atoms with E-state index in [4.69, 9.17) is 15.0 Å². The van der Waals surface area contributed by atoms with Crippen LogP contribution in [0.25, 0.3) is 145 Å². The summed E-state index contributed by atoms with van der Waals surface area (Å²) < 4.78 is 4.48. The number of nitrogens with zero attached hydrogens (tertiary/aromatic N) is 10. The van der Waals surface area contributed by atoms with Gasteiger partial charge in [-0.25, -0.2) is 15.0 Å². The zero-order valence-electron chi connectivity index (χ0n) is 47.9. The Bertz CT molecular complexity index is 5400. The molecule has 10 heteroatoms. The molecule has 0 N–H and O–H groups in total. The second-order valence-corrected chi connectivity index (χ2v) is 22.0. The van der Waals surface area contributed by atoms with Gasteiger partial charge in [-0.1, -0.05) is 158 Å². The van der Waals surface area contributed by atoms with E-state index in [1.807, 2.05) is 152 Å². The lowest BCUT2D eigenvalue weighted by Gasteiger charge is -2.20. The van der Waals surface area contributed by atoms with E-state index in [0.717, 1.165) is 116 Å². The van der Waals surface area contributed by atoms with Gasteiger partial charge in [0.1, 0.15) is 6.07 Å². The van der Waals surface area contributed by atoms with E-state index in [2.05, 4.69) is 130 Å². The van der Waals surface area contributed by atoms with E-state index in [1.165, 1.54) is 0 Å². The molecule has 0 radical (unpaired) electrons. The molecule has 0 unspecified atom stereocenters. The normalized spacial score (nSPS) is 11.1. The maximum atomic E-state index is 11.5. The number of nitriles is 5. The van der Waals surface area contributed by atoms with Crippen LogP contribution in [0.2, 0.25) is 0 Å². The lowest BCUT2D eigenvalue weighted by Crippen LogP contribution is -2.05. The summed E-state index contributed by atoms with van der Waals surface area (Å²) >= 11 is 0. The molecule has 0 spiro atoms. The standard InChI is InChI=1S/C80H44N10/c81-45-50-12-7-20-56(36-50)60-27-32-72-68(40-60)69-41-61(57-21-8-13-51(37-57)46-82)28-33-73(69)89(72)76-44-64(80-87-78(54-16-3-1-4-17-54)86-79(88-80)55-18-5-2-6-19-55)26-31-66(76)67-25-11-24-65(49-85)77(67)90-74-34-29-62(58-22-9-14-52(38-58)47-83)42-70(74)71-43-63(30-35-75(71)90)59-23-10-15-53(39-59)48-84/h1-44H. The van der Waals surface area contributed by atoms with Gasteiger partial charge in [-0.2, -0.15) is 26.3 Å². The average Bonchev–Trinajstić information content (AvgIpc) is 1.64. The summed E-state index contributed by atoms with van der Waals surface area (Å²) in [6, 6.07) is 99.7. The van der Waals surface area contributed by atoms with E-state index in [1.54, 1.807) is 24.3 Å². The van der Waals surface area contributed by atoms with Crippen molar-refractivity contribution >= 4 is 43.6 Å². The van der Waals surface area contributed by atoms with Crippen LogP contribution in [0.4, 0.5) is 0 Å². The number of aromatic nitrogens is 5. The zero-order valence-corrected chi connectivity index (χ0v) is 47.9. The van der Waals surface area contributed by atoms with Crippen LogP contribution in [0, 0.1) is 56.7 Å². The van der Waals surface area contributed by atoms with Crippen LogP contribution in [-0.4, -0.2) is 24.1 Å². The van der Waals surface area contributed by atoms with Gasteiger partial charge in [0.2, 0.25) is 0 Å². The molecular formula is C80H44N10. The molecule has 0 amide bonds. The lowest BCUT2D eigenvalue weighted by atomic mass is 9.96. The first-order valence-electron chi connectivity index (χ1n) is 29.1. The minimum atomic E-state index is 0.436. The van der Waals surface area contributed by atoms with Crippen molar-refractivity contribution in [2.24, 2.45) is 0 Å². The minimum Gasteiger partial charge on any atom is -0.309 e. The molecular weight excluding hydrogens is 1100 g/mol. The van der Waals surface area contributed by atoms with Crippen LogP contribution >= 0.6 is 0 Å². The van der Waals surface area contributed by atoms with Gasteiger partial charge >= 0.3 is 0 Å². The topological polar surface area (TPSA) is 167 Å². The summed E-state index contributed by atoms with van der Waals surface area (Å²) in [5, 5.41) is 55.3. The van der Waals surface area contributed by atoms with E-state index < -0.39 is 0 Å². The van der Waals surface area contributed by atoms with Gasteiger partial charge in [-0.15, -0.1) is 0 Å². The van der Waals surface area contributed by atoms with Crippen molar-refractivity contribution in [2.45, 2.75) is 0 Å². The van der Waals surface area contributed by atoms with Gasteiger partial charge < -0.3 is 9.13 Å². The van der Waals surface area contributed by atoms with Crippen molar-refractivity contribution in [1.29, 1.82) is 26.3 Å². The molecule has 10 nitrogen and oxygen atoms in total. The first kappa shape index (κ1) is 53.4. The average molecular weight is 1150 g/mol. The monoisotopic (exact) mass is 1140 g/mol. The van der Waals surface area contributed by atoms with Crippen LogP contribution in [0.15, 0.2) is 267 Å². The second kappa shape index (κ2) is 22.3. The Kier molecular flexibility index (Phi) is 13.2. The molecule has 0 bridgehead atoms. The predicted molar refractivity (Wildman–Crippen MR) is 356 cm³/mol. The number of rotatable bonds is 10. The molecule has 0 fully saturated rings. The number of fused-ring (bicyclic) bond motifs is 6. The van der Waals surface area contributed by atoms with Gasteiger partial charge in [0.15, 0.2) is 17.5 Å². The zero-order chi connectivity index (χ0) is 60.8. The number of hydrogen-bond donors (Lipinski definition) is 0. The third-order valence-corrected chi connectivity index (χ3v) is 16.7. The Morgan fingerprint density at radius 1 is 0.244 bits per heavy atom. The van der Waals surface area contributed by atoms with Gasteiger partial charge in [0.25, 0.3) is 0 Å². The highest BCUT2D eigenvalue weighted by molar-refractivity contribution is 6.14. The maximum Gasteiger partial charge on any atom is 0.164 e. The Morgan fingerprint density at radius 3 is 0.956 bits per heavy atom. The highest BCUT2D eigenvalue weighted by Crippen LogP contribution is 2.46. The SMILES string of the molecule is N#Cc1cccc(-c2ccc3c(c2)c2cc(-c4cccc(C#N)c4)ccc2n3-c2cc(-c3nc(-c4ccccc4)nc(-c4ccccc4)n3)ccc2-c2cccc(C#N)c2-n2c3ccc(-c4cccc(C#N)c4)cc3c3cc(-c4cccc(C#N)c4)ccc32)c1. The van der Waals surface area contributed by atoms with Crippen molar-refractivity contribution in [3.05, 3.63) is 295 Å². The van der Waals surface area contributed by atoms with E-state index >= 15 is 0 Å². The van der Waals surface area contributed by atoms with Crippen LogP contribution in [-0.2, 0) is 0 Å². The van der Waals surface area contributed by atoms with Crippen LogP contribution in [0.1, 0.15) is 27.8 Å². The van der Waals surface area contributed by atoms with Crippen LogP contribution in [0.5, 0.6) is 0 Å². The molecule has 0 atom stereocenters. The Morgan fingerprint density at radius 2 is 0.578 bits per heavy atom. The summed E-state index contributed by atoms with van der Waals surface area (Å²) in [6.45, 7) is 0. The highest BCUT2D eigenvalue weighted by atomic mass is 15.0. The fourth-order valence-electron chi connectivity index (χ4n) is 12.5. The van der Waals surface area contributed by atoms with Gasteiger partial charge in [0, 0.05) is 49.4 Å². The molecule has 414 valence electrons. The van der Waals surface area contributed by atoms with E-state index in [9.17, 15) is 26.3 Å². The molecule has 15 rings (SSSR count). The number of hydrogen-bond acceptors (Lipinski definition) is 8. The van der Waals surface area contributed by atoms with E-state index in [0.29, 0.717) is 56.5 Å². The summed E-state index contributed by atoms with van der Waals surface area (Å²) in [7, 11) is 0. The minimum absolute atomic E-state index is 0.436. The third-order valence-electron chi connectivity index (χ3n) is 16.7. The first-order valence-corrected chi connectivity index (χ1v) is 29.1. The molecule has 0 aliphatic heterocycles. The summed E-state index contributed by atoms with van der Waals surface area (Å²) in [6.07, 6.45) is 0. The van der Waals surface area contributed by atoms with Crippen molar-refractivity contribution in [2.75, 3.05) is 0 Å². The summed E-state index contributed by atoms with van der Waals surface area (Å²) in [5.74, 6) is 1.48. The second-order valence-electron chi connectivity index (χ2n) is 22.0. The largest absolute Gasteiger partial charge is 0.309 e. The molecule has 12 aromatic carbocycles. The van der Waals surface area contributed by atoms with Crippen molar-refractivity contribution in [3.8, 4) is 132 Å². The third kappa shape index (κ3) is 9.41. The van der Waals surface area contributed by atoms with Crippen LogP contribution < -0.4 is 0 Å². The first-order chi connectivity index (χ1) is 44.3. The molecule has 3 aromatic heterocycles. The molecule has 0 saturated carbocycles. The Labute approximate surface area is 517 Å². The van der Waals surface area contributed by atoms with Crippen LogP contribution in [0.3, 0.4) is 0 Å². The predicted octanol–water partition coefficient (Wildman–Crippen LogP) is 18.8. The molecule has 0 saturated heterocycles. The fraction of sp³-hybridized carbons (Fsp3) is 0. The molecule has 0 aliphatic rings. The fourth-order valence-corrected chi connectivity index (χ4v) is 12.5. The highest BCUT2D eigenvalue weighted by Gasteiger charge is 2.26. The maximum absolute atomic E-state index is 11.5. The lowest BCUT2D eigenvalue weighted by molar-refractivity contribution is 1.07. The number of benzene rings is 12. The van der Waals surface area contributed by atoms with Crippen molar-refractivity contribution in [1.82, 2.24) is 24.1 Å². The number of para-hydroxylation sites is 1. The smallest absolute Gasteiger partial charge is 0.164 e. The van der Waals surface area contributed by atoms with Gasteiger partial charge in [-0.3, -0.25) is 0 Å². The summed E-state index contributed by atoms with van der Waals surface area (Å²) in [4.78, 5) is 15.5. The molecule has 15 aromatic rings. The quantitative estimate of drug-likeness (QED) is 0.130. The summed E-state index contributed by atoms with van der Waals surface area (Å²) in [5.41, 5.74) is 18.7. The van der Waals surface area contributed by atoms with Crippen molar-refractivity contribution in [3.63, 3.8) is 0 Å². The molecule has 90 heavy (non-hydrogen) atoms. The van der Waals surface area contributed by atoms with Gasteiger partial charge in [0.05, 0.1) is 85.5 Å². The molecule has 0 aliphatic carbocycles.